The first-order valence-corrected chi connectivity index (χ1v) is 5.80. The summed E-state index contributed by atoms with van der Waals surface area (Å²) in [5.41, 5.74) is 0.804. The Labute approximate surface area is 109 Å². The Kier molecular flexibility index (Phi) is 5.13. The molecule has 0 heterocycles. The van der Waals surface area contributed by atoms with Crippen molar-refractivity contribution in [1.29, 1.82) is 5.26 Å². The summed E-state index contributed by atoms with van der Waals surface area (Å²) in [6.07, 6.45) is 0. The lowest BCUT2D eigenvalue weighted by atomic mass is 10.1. The van der Waals surface area contributed by atoms with Crippen molar-refractivity contribution in [3.05, 3.63) is 34.3 Å². The summed E-state index contributed by atoms with van der Waals surface area (Å²) in [4.78, 5) is 13.4. The maximum Gasteiger partial charge on any atom is 0.327 e. The van der Waals surface area contributed by atoms with Gasteiger partial charge >= 0.3 is 5.97 Å². The average molecular weight is 297 g/mol. The minimum absolute atomic E-state index is 0.163. The first-order chi connectivity index (χ1) is 8.10. The molecular weight excluding hydrogens is 284 g/mol. The summed E-state index contributed by atoms with van der Waals surface area (Å²) >= 11 is 3.33. The van der Waals surface area contributed by atoms with Gasteiger partial charge in [-0.2, -0.15) is 5.26 Å². The Bertz CT molecular complexity index is 425. The number of nitrogens with zero attached hydrogens (tertiary/aromatic N) is 2. The highest BCUT2D eigenvalue weighted by molar-refractivity contribution is 9.10. The van der Waals surface area contributed by atoms with E-state index in [9.17, 15) is 4.79 Å². The number of ether oxygens (including phenoxy) is 1. The Balaban J connectivity index is 3.02. The molecule has 0 aliphatic carbocycles. The topological polar surface area (TPSA) is 53.3 Å². The molecule has 17 heavy (non-hydrogen) atoms. The molecule has 0 radical (unpaired) electrons. The fourth-order valence-electron chi connectivity index (χ4n) is 1.53. The number of benzene rings is 1. The Hall–Kier alpha value is -1.38. The first kappa shape index (κ1) is 13.7. The van der Waals surface area contributed by atoms with Gasteiger partial charge in [0.25, 0.3) is 0 Å². The van der Waals surface area contributed by atoms with Gasteiger partial charge in [-0.1, -0.05) is 28.1 Å². The lowest BCUT2D eigenvalue weighted by Gasteiger charge is -2.23. The Morgan fingerprint density at radius 1 is 1.53 bits per heavy atom. The second-order valence-electron chi connectivity index (χ2n) is 3.55. The van der Waals surface area contributed by atoms with Crippen LogP contribution in [0.3, 0.4) is 0 Å². The van der Waals surface area contributed by atoms with E-state index in [1.54, 1.807) is 11.9 Å². The van der Waals surface area contributed by atoms with Crippen molar-refractivity contribution in [1.82, 2.24) is 4.90 Å². The van der Waals surface area contributed by atoms with Crippen LogP contribution in [0.5, 0.6) is 0 Å². The molecule has 1 atom stereocenters. The lowest BCUT2D eigenvalue weighted by Crippen LogP contribution is -2.32. The molecule has 1 aromatic rings. The number of carbonyl (C=O) groups is 1. The third-order valence-electron chi connectivity index (χ3n) is 2.37. The van der Waals surface area contributed by atoms with Gasteiger partial charge in [-0.25, -0.2) is 4.79 Å². The van der Waals surface area contributed by atoms with E-state index in [0.29, 0.717) is 0 Å². The van der Waals surface area contributed by atoms with Crippen LogP contribution in [-0.4, -0.2) is 31.6 Å². The van der Waals surface area contributed by atoms with E-state index < -0.39 is 6.04 Å². The number of hydrogen-bond acceptors (Lipinski definition) is 4. The fourth-order valence-corrected chi connectivity index (χ4v) is 1.79. The zero-order valence-electron chi connectivity index (χ0n) is 9.68. The second kappa shape index (κ2) is 6.38. The molecule has 0 amide bonds. The third-order valence-corrected chi connectivity index (χ3v) is 2.90. The SMILES string of the molecule is COC(=O)[C@@H](c1ccc(Br)cc1)N(C)CC#N. The molecule has 5 heteroatoms. The quantitative estimate of drug-likeness (QED) is 0.631. The zero-order valence-corrected chi connectivity index (χ0v) is 11.3. The number of esters is 1. The maximum absolute atomic E-state index is 11.7. The minimum Gasteiger partial charge on any atom is -0.468 e. The van der Waals surface area contributed by atoms with Crippen molar-refractivity contribution in [2.45, 2.75) is 6.04 Å². The number of nitriles is 1. The van der Waals surface area contributed by atoms with Crippen molar-refractivity contribution >= 4 is 21.9 Å². The highest BCUT2D eigenvalue weighted by Crippen LogP contribution is 2.22. The summed E-state index contributed by atoms with van der Waals surface area (Å²) in [6, 6.07) is 8.84. The predicted molar refractivity (Wildman–Crippen MR) is 67.1 cm³/mol. The Morgan fingerprint density at radius 2 is 2.12 bits per heavy atom. The van der Waals surface area contributed by atoms with E-state index in [0.717, 1.165) is 10.0 Å². The summed E-state index contributed by atoms with van der Waals surface area (Å²) < 4.78 is 5.70. The monoisotopic (exact) mass is 296 g/mol. The molecule has 0 unspecified atom stereocenters. The highest BCUT2D eigenvalue weighted by Gasteiger charge is 2.25. The van der Waals surface area contributed by atoms with Crippen LogP contribution in [-0.2, 0) is 9.53 Å². The van der Waals surface area contributed by atoms with Crippen LogP contribution >= 0.6 is 15.9 Å². The molecule has 0 aliphatic heterocycles. The summed E-state index contributed by atoms with van der Waals surface area (Å²) in [5.74, 6) is -0.370. The van der Waals surface area contributed by atoms with Gasteiger partial charge in [-0.05, 0) is 24.7 Å². The second-order valence-corrected chi connectivity index (χ2v) is 4.47. The molecule has 0 saturated carbocycles. The van der Waals surface area contributed by atoms with Crippen LogP contribution in [0.15, 0.2) is 28.7 Å². The van der Waals surface area contributed by atoms with Crippen LogP contribution < -0.4 is 0 Å². The molecular formula is C12H13BrN2O2. The van der Waals surface area contributed by atoms with E-state index in [1.807, 2.05) is 30.3 Å². The van der Waals surface area contributed by atoms with Gasteiger partial charge in [0.15, 0.2) is 0 Å². The molecule has 90 valence electrons. The number of carbonyl (C=O) groups excluding carboxylic acids is 1. The number of rotatable bonds is 4. The summed E-state index contributed by atoms with van der Waals surface area (Å²) in [5, 5.41) is 8.68. The van der Waals surface area contributed by atoms with E-state index in [4.69, 9.17) is 10.00 Å². The highest BCUT2D eigenvalue weighted by atomic mass is 79.9. The van der Waals surface area contributed by atoms with E-state index in [-0.39, 0.29) is 12.5 Å². The number of hydrogen-bond donors (Lipinski definition) is 0. The molecule has 0 aromatic heterocycles. The van der Waals surface area contributed by atoms with Crippen LogP contribution in [0.1, 0.15) is 11.6 Å². The van der Waals surface area contributed by atoms with Crippen molar-refractivity contribution in [2.75, 3.05) is 20.7 Å². The number of halogens is 1. The standard InChI is InChI=1S/C12H13BrN2O2/c1-15(8-7-14)11(12(16)17-2)9-3-5-10(13)6-4-9/h3-6,11H,8H2,1-2H3/t11-/m1/s1. The van der Waals surface area contributed by atoms with Crippen LogP contribution in [0.2, 0.25) is 0 Å². The Morgan fingerprint density at radius 3 is 2.59 bits per heavy atom. The molecule has 0 fully saturated rings. The van der Waals surface area contributed by atoms with Crippen LogP contribution in [0.4, 0.5) is 0 Å². The molecule has 0 bridgehead atoms. The minimum atomic E-state index is -0.548. The molecule has 0 saturated heterocycles. The maximum atomic E-state index is 11.7. The predicted octanol–water partition coefficient (Wildman–Crippen LogP) is 2.12. The van der Waals surface area contributed by atoms with Crippen molar-refractivity contribution in [2.24, 2.45) is 0 Å². The first-order valence-electron chi connectivity index (χ1n) is 5.00. The van der Waals surface area contributed by atoms with Gasteiger partial charge in [0, 0.05) is 4.47 Å². The molecule has 4 nitrogen and oxygen atoms in total. The normalized spacial score (nSPS) is 11.9. The number of likely N-dealkylation sites (N-methyl/N-ethyl adjacent to an activating group) is 1. The van der Waals surface area contributed by atoms with Gasteiger partial charge in [-0.3, -0.25) is 4.90 Å². The van der Waals surface area contributed by atoms with Gasteiger partial charge < -0.3 is 4.74 Å². The molecule has 0 spiro atoms. The van der Waals surface area contributed by atoms with Gasteiger partial charge in [-0.15, -0.1) is 0 Å². The van der Waals surface area contributed by atoms with Gasteiger partial charge in [0.2, 0.25) is 0 Å². The van der Waals surface area contributed by atoms with Crippen molar-refractivity contribution in [3.8, 4) is 6.07 Å². The van der Waals surface area contributed by atoms with Crippen LogP contribution in [0, 0.1) is 11.3 Å². The van der Waals surface area contributed by atoms with E-state index >= 15 is 0 Å². The van der Waals surface area contributed by atoms with E-state index in [2.05, 4.69) is 15.9 Å². The van der Waals surface area contributed by atoms with Gasteiger partial charge in [0.05, 0.1) is 19.7 Å². The van der Waals surface area contributed by atoms with Crippen LogP contribution in [0.25, 0.3) is 0 Å². The lowest BCUT2D eigenvalue weighted by molar-refractivity contribution is -0.146. The molecule has 1 rings (SSSR count). The molecule has 1 aromatic carbocycles. The largest absolute Gasteiger partial charge is 0.468 e. The smallest absolute Gasteiger partial charge is 0.327 e. The van der Waals surface area contributed by atoms with Crippen molar-refractivity contribution in [3.63, 3.8) is 0 Å². The summed E-state index contributed by atoms with van der Waals surface area (Å²) in [7, 11) is 3.06. The third kappa shape index (κ3) is 3.55. The molecule has 0 aliphatic rings. The number of methoxy groups -OCH3 is 1. The zero-order chi connectivity index (χ0) is 12.8. The van der Waals surface area contributed by atoms with E-state index in [1.165, 1.54) is 7.11 Å². The van der Waals surface area contributed by atoms with Gasteiger partial charge in [0.1, 0.15) is 6.04 Å². The fraction of sp³-hybridized carbons (Fsp3) is 0.333. The van der Waals surface area contributed by atoms with Crippen molar-refractivity contribution < 1.29 is 9.53 Å². The molecule has 0 N–H and O–H groups in total. The average Bonchev–Trinajstić information content (AvgIpc) is 2.32. The summed E-state index contributed by atoms with van der Waals surface area (Å²) in [6.45, 7) is 0.163.